The van der Waals surface area contributed by atoms with Gasteiger partial charge in [0.1, 0.15) is 0 Å². The highest BCUT2D eigenvalue weighted by Gasteiger charge is 2.20. The van der Waals surface area contributed by atoms with Gasteiger partial charge in [0.05, 0.1) is 11.8 Å². The fraction of sp³-hybridized carbons (Fsp3) is 0.0952. The van der Waals surface area contributed by atoms with Crippen molar-refractivity contribution in [1.82, 2.24) is 19.6 Å². The van der Waals surface area contributed by atoms with Crippen LogP contribution in [-0.4, -0.2) is 26.6 Å². The zero-order chi connectivity index (χ0) is 18.4. The molecule has 0 saturated carbocycles. The molecule has 27 heavy (non-hydrogen) atoms. The van der Waals surface area contributed by atoms with E-state index in [0.29, 0.717) is 11.6 Å². The number of nitrogens with zero attached hydrogens (tertiary/aromatic N) is 5. The lowest BCUT2D eigenvalue weighted by Gasteiger charge is -2.20. The molecule has 6 heteroatoms. The van der Waals surface area contributed by atoms with Gasteiger partial charge >= 0.3 is 0 Å². The largest absolute Gasteiger partial charge is 0.461 e. The highest BCUT2D eigenvalue weighted by atomic mass is 16.3. The van der Waals surface area contributed by atoms with Crippen LogP contribution in [0.15, 0.2) is 71.3 Å². The van der Waals surface area contributed by atoms with Gasteiger partial charge in [-0.05, 0) is 43.3 Å². The molecule has 0 aliphatic heterocycles. The molecule has 0 atom stereocenters. The average Bonchev–Trinajstić information content (AvgIpc) is 3.37. The molecule has 0 spiro atoms. The first kappa shape index (κ1) is 15.6. The topological polar surface area (TPSA) is 59.5 Å². The summed E-state index contributed by atoms with van der Waals surface area (Å²) in [7, 11) is 1.99. The maximum Gasteiger partial charge on any atom is 0.218 e. The summed E-state index contributed by atoms with van der Waals surface area (Å²) in [5.74, 6) is 2.01. The minimum atomic E-state index is 0.628. The number of aromatic nitrogens is 4. The van der Waals surface area contributed by atoms with E-state index in [9.17, 15) is 0 Å². The van der Waals surface area contributed by atoms with Gasteiger partial charge in [0.15, 0.2) is 11.4 Å². The second-order valence-electron chi connectivity index (χ2n) is 6.49. The number of para-hydroxylation sites is 1. The first-order chi connectivity index (χ1) is 13.2. The van der Waals surface area contributed by atoms with Gasteiger partial charge in [-0.1, -0.05) is 29.8 Å². The van der Waals surface area contributed by atoms with Crippen LogP contribution in [0.2, 0.25) is 0 Å². The molecule has 3 heterocycles. The summed E-state index contributed by atoms with van der Waals surface area (Å²) in [6, 6.07) is 20.0. The lowest BCUT2D eigenvalue weighted by Crippen LogP contribution is -2.16. The zero-order valence-corrected chi connectivity index (χ0v) is 15.0. The Labute approximate surface area is 155 Å². The molecule has 0 aliphatic rings. The molecule has 0 saturated heterocycles. The van der Waals surface area contributed by atoms with Crippen molar-refractivity contribution in [2.75, 3.05) is 11.9 Å². The molecule has 0 amide bonds. The van der Waals surface area contributed by atoms with E-state index in [-0.39, 0.29) is 0 Å². The number of rotatable bonds is 3. The molecular formula is C21H17N5O. The van der Waals surface area contributed by atoms with E-state index in [1.54, 1.807) is 6.26 Å². The number of anilines is 2. The maximum absolute atomic E-state index is 5.59. The van der Waals surface area contributed by atoms with Gasteiger partial charge in [0.2, 0.25) is 11.8 Å². The van der Waals surface area contributed by atoms with Gasteiger partial charge in [0, 0.05) is 18.1 Å². The van der Waals surface area contributed by atoms with E-state index in [0.717, 1.165) is 33.7 Å². The van der Waals surface area contributed by atoms with Gasteiger partial charge in [-0.2, -0.15) is 0 Å². The van der Waals surface area contributed by atoms with E-state index in [1.165, 1.54) is 0 Å². The SMILES string of the molecule is Cc1ccc2nc(N(C)c3ccccc3)n3c(-c4ccco4)nnc3c2c1. The smallest absolute Gasteiger partial charge is 0.218 e. The summed E-state index contributed by atoms with van der Waals surface area (Å²) in [6.45, 7) is 2.06. The summed E-state index contributed by atoms with van der Waals surface area (Å²) >= 11 is 0. The van der Waals surface area contributed by atoms with Crippen LogP contribution in [-0.2, 0) is 0 Å². The number of benzene rings is 2. The van der Waals surface area contributed by atoms with Gasteiger partial charge in [-0.25, -0.2) is 9.38 Å². The van der Waals surface area contributed by atoms with E-state index in [1.807, 2.05) is 64.9 Å². The molecule has 0 unspecified atom stereocenters. The van der Waals surface area contributed by atoms with Crippen LogP contribution in [0.25, 0.3) is 28.1 Å². The summed E-state index contributed by atoms with van der Waals surface area (Å²) in [6.07, 6.45) is 1.63. The van der Waals surface area contributed by atoms with E-state index >= 15 is 0 Å². The van der Waals surface area contributed by atoms with Crippen LogP contribution < -0.4 is 4.90 Å². The first-order valence-electron chi connectivity index (χ1n) is 8.70. The van der Waals surface area contributed by atoms with Crippen molar-refractivity contribution >= 4 is 28.2 Å². The predicted octanol–water partition coefficient (Wildman–Crippen LogP) is 4.61. The minimum Gasteiger partial charge on any atom is -0.461 e. The van der Waals surface area contributed by atoms with Gasteiger partial charge in [0.25, 0.3) is 0 Å². The maximum atomic E-state index is 5.59. The molecule has 0 fully saturated rings. The Balaban J connectivity index is 1.87. The van der Waals surface area contributed by atoms with Crippen LogP contribution in [0.3, 0.4) is 0 Å². The van der Waals surface area contributed by atoms with Gasteiger partial charge < -0.3 is 9.32 Å². The van der Waals surface area contributed by atoms with E-state index in [2.05, 4.69) is 29.3 Å². The van der Waals surface area contributed by atoms with Crippen molar-refractivity contribution in [2.24, 2.45) is 0 Å². The standard InChI is InChI=1S/C21H17N5O/c1-14-10-11-17-16(13-14)19-23-24-20(18-9-6-12-27-18)26(19)21(22-17)25(2)15-7-4-3-5-8-15/h3-13H,1-2H3. The number of hydrogen-bond donors (Lipinski definition) is 0. The van der Waals surface area contributed by atoms with Gasteiger partial charge in [-0.3, -0.25) is 0 Å². The van der Waals surface area contributed by atoms with E-state index in [4.69, 9.17) is 9.40 Å². The van der Waals surface area contributed by atoms with Crippen molar-refractivity contribution in [3.63, 3.8) is 0 Å². The molecule has 0 radical (unpaired) electrons. The summed E-state index contributed by atoms with van der Waals surface area (Å²) in [5, 5.41) is 9.84. The quantitative estimate of drug-likeness (QED) is 0.473. The summed E-state index contributed by atoms with van der Waals surface area (Å²) in [5.41, 5.74) is 3.81. The third-order valence-electron chi connectivity index (χ3n) is 4.66. The predicted molar refractivity (Wildman–Crippen MR) is 105 cm³/mol. The molecule has 0 aliphatic carbocycles. The minimum absolute atomic E-state index is 0.628. The molecule has 0 N–H and O–H groups in total. The third kappa shape index (κ3) is 2.45. The Kier molecular flexibility index (Phi) is 3.43. The van der Waals surface area contributed by atoms with Crippen molar-refractivity contribution in [2.45, 2.75) is 6.92 Å². The van der Waals surface area contributed by atoms with Crippen LogP contribution in [0.1, 0.15) is 5.56 Å². The van der Waals surface area contributed by atoms with Crippen LogP contribution in [0.4, 0.5) is 11.6 Å². The number of hydrogen-bond acceptors (Lipinski definition) is 5. The highest BCUT2D eigenvalue weighted by Crippen LogP contribution is 2.31. The van der Waals surface area contributed by atoms with Crippen molar-refractivity contribution in [3.8, 4) is 11.6 Å². The van der Waals surface area contributed by atoms with Crippen LogP contribution >= 0.6 is 0 Å². The summed E-state index contributed by atoms with van der Waals surface area (Å²) in [4.78, 5) is 6.96. The second-order valence-corrected chi connectivity index (χ2v) is 6.49. The fourth-order valence-electron chi connectivity index (χ4n) is 3.29. The van der Waals surface area contributed by atoms with Crippen molar-refractivity contribution in [3.05, 3.63) is 72.5 Å². The lowest BCUT2D eigenvalue weighted by molar-refractivity contribution is 0.576. The van der Waals surface area contributed by atoms with Gasteiger partial charge in [-0.15, -0.1) is 10.2 Å². The highest BCUT2D eigenvalue weighted by molar-refractivity contribution is 5.94. The second kappa shape index (κ2) is 5.95. The fourth-order valence-corrected chi connectivity index (χ4v) is 3.29. The van der Waals surface area contributed by atoms with Crippen LogP contribution in [0.5, 0.6) is 0 Å². The molecular weight excluding hydrogens is 338 g/mol. The molecule has 132 valence electrons. The Morgan fingerprint density at radius 2 is 1.81 bits per heavy atom. The van der Waals surface area contributed by atoms with Crippen LogP contribution in [0, 0.1) is 6.92 Å². The summed E-state index contributed by atoms with van der Waals surface area (Å²) < 4.78 is 7.54. The number of fused-ring (bicyclic) bond motifs is 3. The molecule has 2 aromatic carbocycles. The molecule has 0 bridgehead atoms. The molecule has 5 rings (SSSR count). The van der Waals surface area contributed by atoms with Crippen molar-refractivity contribution < 1.29 is 4.42 Å². The normalized spacial score (nSPS) is 11.3. The third-order valence-corrected chi connectivity index (χ3v) is 4.66. The Morgan fingerprint density at radius 3 is 2.59 bits per heavy atom. The Bertz CT molecular complexity index is 1240. The number of furan rings is 1. The van der Waals surface area contributed by atoms with Crippen molar-refractivity contribution in [1.29, 1.82) is 0 Å². The average molecular weight is 355 g/mol. The monoisotopic (exact) mass is 355 g/mol. The zero-order valence-electron chi connectivity index (χ0n) is 15.0. The van der Waals surface area contributed by atoms with E-state index < -0.39 is 0 Å². The molecule has 5 aromatic rings. The first-order valence-corrected chi connectivity index (χ1v) is 8.70. The molecule has 6 nitrogen and oxygen atoms in total. The molecule has 3 aromatic heterocycles. The lowest BCUT2D eigenvalue weighted by atomic mass is 10.1. The Hall–Kier alpha value is -3.67. The Morgan fingerprint density at radius 1 is 0.963 bits per heavy atom. The number of aryl methyl sites for hydroxylation is 1.